The molecule has 0 aromatic rings. The van der Waals surface area contributed by atoms with Crippen LogP contribution in [0, 0.1) is 5.92 Å². The van der Waals surface area contributed by atoms with Gasteiger partial charge in [-0.1, -0.05) is 13.3 Å². The van der Waals surface area contributed by atoms with Gasteiger partial charge < -0.3 is 0 Å². The molecule has 0 N–H and O–H groups in total. The average Bonchev–Trinajstić information content (AvgIpc) is 2.84. The number of rotatable bonds is 3. The van der Waals surface area contributed by atoms with Crippen LogP contribution in [0.5, 0.6) is 0 Å². The first kappa shape index (κ1) is 9.46. The summed E-state index contributed by atoms with van der Waals surface area (Å²) in [4.78, 5) is 0. The van der Waals surface area contributed by atoms with Crippen molar-refractivity contribution >= 4 is 10.0 Å². The Morgan fingerprint density at radius 1 is 1.31 bits per heavy atom. The molecule has 76 valence electrons. The van der Waals surface area contributed by atoms with Gasteiger partial charge in [0.2, 0.25) is 10.0 Å². The number of nitrogens with zero attached hydrogens (tertiary/aromatic N) is 1. The third-order valence-corrected chi connectivity index (χ3v) is 5.50. The first-order valence-corrected chi connectivity index (χ1v) is 6.64. The highest BCUT2D eigenvalue weighted by atomic mass is 32.2. The molecule has 13 heavy (non-hydrogen) atoms. The van der Waals surface area contributed by atoms with E-state index < -0.39 is 10.0 Å². The fourth-order valence-corrected chi connectivity index (χ4v) is 3.87. The van der Waals surface area contributed by atoms with Gasteiger partial charge in [0.15, 0.2) is 0 Å². The average molecular weight is 203 g/mol. The lowest BCUT2D eigenvalue weighted by Crippen LogP contribution is -2.31. The summed E-state index contributed by atoms with van der Waals surface area (Å²) in [5, 5.41) is -0.0249. The third kappa shape index (κ3) is 1.74. The maximum Gasteiger partial charge on any atom is 0.216 e. The predicted molar refractivity (Wildman–Crippen MR) is 51.9 cm³/mol. The molecule has 4 heteroatoms. The van der Waals surface area contributed by atoms with Gasteiger partial charge in [-0.25, -0.2) is 12.7 Å². The van der Waals surface area contributed by atoms with Crippen molar-refractivity contribution in [1.29, 1.82) is 0 Å². The molecule has 0 spiro atoms. The van der Waals surface area contributed by atoms with Crippen LogP contribution < -0.4 is 0 Å². The van der Waals surface area contributed by atoms with Gasteiger partial charge in [-0.3, -0.25) is 0 Å². The molecule has 2 aliphatic rings. The maximum atomic E-state index is 11.8. The second kappa shape index (κ2) is 3.24. The summed E-state index contributed by atoms with van der Waals surface area (Å²) in [5.74, 6) is 0.605. The highest BCUT2D eigenvalue weighted by Crippen LogP contribution is 2.34. The van der Waals surface area contributed by atoms with Gasteiger partial charge in [0.1, 0.15) is 0 Å². The van der Waals surface area contributed by atoms with Crippen LogP contribution in [-0.4, -0.2) is 31.1 Å². The largest absolute Gasteiger partial charge is 0.216 e. The number of hydrogen-bond acceptors (Lipinski definition) is 2. The Bertz CT molecular complexity index is 282. The summed E-state index contributed by atoms with van der Waals surface area (Å²) in [7, 11) is -2.88. The quantitative estimate of drug-likeness (QED) is 0.691. The zero-order valence-electron chi connectivity index (χ0n) is 8.07. The molecule has 1 aliphatic carbocycles. The first-order valence-electron chi connectivity index (χ1n) is 5.13. The van der Waals surface area contributed by atoms with Crippen LogP contribution in [0.4, 0.5) is 0 Å². The van der Waals surface area contributed by atoms with Gasteiger partial charge in [0.05, 0.1) is 5.25 Å². The molecule has 0 amide bonds. The van der Waals surface area contributed by atoms with Crippen LogP contribution in [-0.2, 0) is 10.0 Å². The van der Waals surface area contributed by atoms with E-state index in [0.29, 0.717) is 5.92 Å². The van der Waals surface area contributed by atoms with E-state index in [-0.39, 0.29) is 5.25 Å². The lowest BCUT2D eigenvalue weighted by Gasteiger charge is -2.15. The van der Waals surface area contributed by atoms with Crippen molar-refractivity contribution in [3.8, 4) is 0 Å². The summed E-state index contributed by atoms with van der Waals surface area (Å²) in [6, 6.07) is 0. The van der Waals surface area contributed by atoms with Crippen molar-refractivity contribution < 1.29 is 8.42 Å². The standard InChI is InChI=1S/C9H17NO2S/c1-2-8-5-6-10(7-8)13(11,12)9-3-4-9/h8-9H,2-7H2,1H3/t8-/m0/s1. The van der Waals surface area contributed by atoms with Gasteiger partial charge in [-0.15, -0.1) is 0 Å². The lowest BCUT2D eigenvalue weighted by atomic mass is 10.1. The zero-order chi connectivity index (χ0) is 9.47. The molecular weight excluding hydrogens is 186 g/mol. The summed E-state index contributed by atoms with van der Waals surface area (Å²) >= 11 is 0. The summed E-state index contributed by atoms with van der Waals surface area (Å²) in [6.45, 7) is 3.67. The summed E-state index contributed by atoms with van der Waals surface area (Å²) in [5.41, 5.74) is 0. The Kier molecular flexibility index (Phi) is 2.36. The molecule has 0 unspecified atom stereocenters. The van der Waals surface area contributed by atoms with Crippen LogP contribution in [0.2, 0.25) is 0 Å². The second-order valence-electron chi connectivity index (χ2n) is 4.17. The fourth-order valence-electron chi connectivity index (χ4n) is 1.94. The summed E-state index contributed by atoms with van der Waals surface area (Å²) in [6.07, 6.45) is 3.93. The third-order valence-electron chi connectivity index (χ3n) is 3.13. The second-order valence-corrected chi connectivity index (χ2v) is 6.38. The topological polar surface area (TPSA) is 37.4 Å². The van der Waals surface area contributed by atoms with E-state index in [4.69, 9.17) is 0 Å². The van der Waals surface area contributed by atoms with Crippen molar-refractivity contribution in [1.82, 2.24) is 4.31 Å². The van der Waals surface area contributed by atoms with Crippen LogP contribution in [0.3, 0.4) is 0 Å². The van der Waals surface area contributed by atoms with E-state index in [2.05, 4.69) is 6.92 Å². The highest BCUT2D eigenvalue weighted by molar-refractivity contribution is 7.90. The minimum absolute atomic E-state index is 0.0249. The molecule has 1 saturated heterocycles. The zero-order valence-corrected chi connectivity index (χ0v) is 8.89. The van der Waals surface area contributed by atoms with E-state index in [0.717, 1.165) is 38.8 Å². The van der Waals surface area contributed by atoms with Crippen molar-refractivity contribution in [3.63, 3.8) is 0 Å². The Morgan fingerprint density at radius 2 is 2.00 bits per heavy atom. The first-order chi connectivity index (χ1) is 6.14. The fraction of sp³-hybridized carbons (Fsp3) is 1.00. The Balaban J connectivity index is 2.02. The van der Waals surface area contributed by atoms with E-state index >= 15 is 0 Å². The van der Waals surface area contributed by atoms with Crippen molar-refractivity contribution in [2.45, 2.75) is 37.9 Å². The van der Waals surface area contributed by atoms with E-state index in [1.807, 2.05) is 0 Å². The summed E-state index contributed by atoms with van der Waals surface area (Å²) < 4.78 is 25.3. The molecule has 0 aromatic carbocycles. The van der Waals surface area contributed by atoms with Crippen LogP contribution in [0.1, 0.15) is 32.6 Å². The normalized spacial score (nSPS) is 31.0. The van der Waals surface area contributed by atoms with E-state index in [1.54, 1.807) is 4.31 Å². The molecule has 1 aliphatic heterocycles. The smallest absolute Gasteiger partial charge is 0.212 e. The van der Waals surface area contributed by atoms with Crippen molar-refractivity contribution in [2.24, 2.45) is 5.92 Å². The Hall–Kier alpha value is -0.0900. The molecule has 2 rings (SSSR count). The predicted octanol–water partition coefficient (Wildman–Crippen LogP) is 1.21. The molecule has 1 atom stereocenters. The lowest BCUT2D eigenvalue weighted by molar-refractivity contribution is 0.452. The Morgan fingerprint density at radius 3 is 2.46 bits per heavy atom. The maximum absolute atomic E-state index is 11.8. The van der Waals surface area contributed by atoms with Crippen molar-refractivity contribution in [2.75, 3.05) is 13.1 Å². The minimum atomic E-state index is -2.88. The molecule has 0 aromatic heterocycles. The van der Waals surface area contributed by atoms with Gasteiger partial charge in [-0.2, -0.15) is 0 Å². The number of hydrogen-bond donors (Lipinski definition) is 0. The highest BCUT2D eigenvalue weighted by Gasteiger charge is 2.42. The SMILES string of the molecule is CC[C@H]1CCN(S(=O)(=O)C2CC2)C1. The molecule has 1 heterocycles. The van der Waals surface area contributed by atoms with Crippen LogP contribution >= 0.6 is 0 Å². The molecule has 3 nitrogen and oxygen atoms in total. The molecule has 0 radical (unpaired) electrons. The van der Waals surface area contributed by atoms with Gasteiger partial charge in [-0.05, 0) is 25.2 Å². The van der Waals surface area contributed by atoms with Gasteiger partial charge in [0, 0.05) is 13.1 Å². The molecule has 2 fully saturated rings. The molecule has 1 saturated carbocycles. The van der Waals surface area contributed by atoms with E-state index in [9.17, 15) is 8.42 Å². The molecule has 0 bridgehead atoms. The van der Waals surface area contributed by atoms with Gasteiger partial charge >= 0.3 is 0 Å². The van der Waals surface area contributed by atoms with E-state index in [1.165, 1.54) is 0 Å². The van der Waals surface area contributed by atoms with Crippen LogP contribution in [0.15, 0.2) is 0 Å². The van der Waals surface area contributed by atoms with Crippen molar-refractivity contribution in [3.05, 3.63) is 0 Å². The Labute approximate surface area is 80.2 Å². The van der Waals surface area contributed by atoms with Gasteiger partial charge in [0.25, 0.3) is 0 Å². The monoisotopic (exact) mass is 203 g/mol. The van der Waals surface area contributed by atoms with Crippen LogP contribution in [0.25, 0.3) is 0 Å². The molecular formula is C9H17NO2S. The number of sulfonamides is 1. The minimum Gasteiger partial charge on any atom is -0.212 e.